The summed E-state index contributed by atoms with van der Waals surface area (Å²) in [7, 11) is 0. The van der Waals surface area contributed by atoms with Crippen LogP contribution in [-0.4, -0.2) is 43.7 Å². The third-order valence-corrected chi connectivity index (χ3v) is 5.12. The summed E-state index contributed by atoms with van der Waals surface area (Å²) < 4.78 is 20.0. The van der Waals surface area contributed by atoms with Crippen LogP contribution < -0.4 is 5.32 Å². The number of rotatable bonds is 5. The minimum Gasteiger partial charge on any atom is -0.379 e. The Morgan fingerprint density at radius 3 is 2.62 bits per heavy atom. The molecule has 0 spiro atoms. The second-order valence-corrected chi connectivity index (χ2v) is 7.40. The van der Waals surface area contributed by atoms with Crippen LogP contribution in [0.15, 0.2) is 46.9 Å². The topological polar surface area (TPSA) is 41.6 Å². The fourth-order valence-electron chi connectivity index (χ4n) is 2.99. The minimum absolute atomic E-state index is 0.0243. The number of ether oxygens (including phenoxy) is 1. The van der Waals surface area contributed by atoms with Gasteiger partial charge in [0.2, 0.25) is 0 Å². The molecule has 2 aromatic rings. The SMILES string of the molecule is O=C(NCC(c1ccc(Cl)cc1)N1CCOCC1)c1cc(Br)ccc1F. The van der Waals surface area contributed by atoms with E-state index in [0.29, 0.717) is 29.3 Å². The van der Waals surface area contributed by atoms with E-state index < -0.39 is 11.7 Å². The van der Waals surface area contributed by atoms with Gasteiger partial charge in [-0.15, -0.1) is 0 Å². The molecule has 0 saturated carbocycles. The molecule has 4 nitrogen and oxygen atoms in total. The van der Waals surface area contributed by atoms with Gasteiger partial charge in [0.1, 0.15) is 5.82 Å². The summed E-state index contributed by atoms with van der Waals surface area (Å²) >= 11 is 9.26. The number of hydrogen-bond donors (Lipinski definition) is 1. The zero-order valence-electron chi connectivity index (χ0n) is 14.1. The summed E-state index contributed by atoms with van der Waals surface area (Å²) in [5.74, 6) is -0.976. The zero-order chi connectivity index (χ0) is 18.5. The van der Waals surface area contributed by atoms with Gasteiger partial charge in [-0.2, -0.15) is 0 Å². The van der Waals surface area contributed by atoms with E-state index in [-0.39, 0.29) is 11.6 Å². The summed E-state index contributed by atoms with van der Waals surface area (Å²) in [5, 5.41) is 3.52. The molecule has 1 aliphatic heterocycles. The maximum absolute atomic E-state index is 13.9. The van der Waals surface area contributed by atoms with Crippen LogP contribution in [0.5, 0.6) is 0 Å². The lowest BCUT2D eigenvalue weighted by molar-refractivity contribution is 0.0162. The van der Waals surface area contributed by atoms with E-state index in [9.17, 15) is 9.18 Å². The van der Waals surface area contributed by atoms with Crippen molar-refractivity contribution < 1.29 is 13.9 Å². The highest BCUT2D eigenvalue weighted by Crippen LogP contribution is 2.23. The summed E-state index contributed by atoms with van der Waals surface area (Å²) in [6, 6.07) is 11.9. The molecule has 1 heterocycles. The molecule has 7 heteroatoms. The van der Waals surface area contributed by atoms with Crippen molar-refractivity contribution >= 4 is 33.4 Å². The van der Waals surface area contributed by atoms with Crippen molar-refractivity contribution in [2.45, 2.75) is 6.04 Å². The number of amides is 1. The number of morpholine rings is 1. The third-order valence-electron chi connectivity index (χ3n) is 4.37. The molecular weight excluding hydrogens is 423 g/mol. The first-order valence-electron chi connectivity index (χ1n) is 8.35. The lowest BCUT2D eigenvalue weighted by Gasteiger charge is -2.35. The van der Waals surface area contributed by atoms with Gasteiger partial charge in [0, 0.05) is 29.1 Å². The van der Waals surface area contributed by atoms with Crippen LogP contribution in [0.3, 0.4) is 0 Å². The summed E-state index contributed by atoms with van der Waals surface area (Å²) in [4.78, 5) is 14.7. The molecule has 1 atom stereocenters. The molecule has 0 radical (unpaired) electrons. The Hall–Kier alpha value is -1.47. The van der Waals surface area contributed by atoms with E-state index in [1.807, 2.05) is 24.3 Å². The first-order chi connectivity index (χ1) is 12.5. The monoisotopic (exact) mass is 440 g/mol. The number of carbonyl (C=O) groups is 1. The first kappa shape index (κ1) is 19.3. The van der Waals surface area contributed by atoms with Crippen molar-refractivity contribution in [2.75, 3.05) is 32.8 Å². The first-order valence-corrected chi connectivity index (χ1v) is 9.52. The Labute approximate surface area is 165 Å². The third kappa shape index (κ3) is 4.82. The molecular formula is C19H19BrClFN2O2. The van der Waals surface area contributed by atoms with Crippen LogP contribution in [0.25, 0.3) is 0 Å². The van der Waals surface area contributed by atoms with Gasteiger partial charge in [-0.25, -0.2) is 4.39 Å². The van der Waals surface area contributed by atoms with Gasteiger partial charge < -0.3 is 10.1 Å². The molecule has 1 amide bonds. The normalized spacial score (nSPS) is 16.3. The summed E-state index contributed by atoms with van der Waals surface area (Å²) in [6.45, 7) is 3.21. The molecule has 1 saturated heterocycles. The van der Waals surface area contributed by atoms with Gasteiger partial charge in [-0.3, -0.25) is 9.69 Å². The van der Waals surface area contributed by atoms with Crippen LogP contribution in [-0.2, 0) is 4.74 Å². The van der Waals surface area contributed by atoms with Crippen molar-refractivity contribution in [3.63, 3.8) is 0 Å². The highest BCUT2D eigenvalue weighted by molar-refractivity contribution is 9.10. The number of carbonyl (C=O) groups excluding carboxylic acids is 1. The number of nitrogens with one attached hydrogen (secondary N) is 1. The smallest absolute Gasteiger partial charge is 0.254 e. The maximum Gasteiger partial charge on any atom is 0.254 e. The van der Waals surface area contributed by atoms with Crippen LogP contribution in [0.2, 0.25) is 5.02 Å². The largest absolute Gasteiger partial charge is 0.379 e. The number of halogens is 3. The van der Waals surface area contributed by atoms with Crippen molar-refractivity contribution in [2.24, 2.45) is 0 Å². The van der Waals surface area contributed by atoms with Gasteiger partial charge in [0.25, 0.3) is 5.91 Å². The van der Waals surface area contributed by atoms with Gasteiger partial charge in [-0.1, -0.05) is 39.7 Å². The van der Waals surface area contributed by atoms with E-state index in [1.54, 1.807) is 6.07 Å². The molecule has 1 fully saturated rings. The lowest BCUT2D eigenvalue weighted by atomic mass is 10.0. The predicted molar refractivity (Wildman–Crippen MR) is 103 cm³/mol. The quantitative estimate of drug-likeness (QED) is 0.761. The average Bonchev–Trinajstić information content (AvgIpc) is 2.66. The van der Waals surface area contributed by atoms with Crippen LogP contribution in [0.1, 0.15) is 22.0 Å². The fourth-order valence-corrected chi connectivity index (χ4v) is 3.48. The molecule has 1 unspecified atom stereocenters. The number of nitrogens with zero attached hydrogens (tertiary/aromatic N) is 1. The maximum atomic E-state index is 13.9. The highest BCUT2D eigenvalue weighted by Gasteiger charge is 2.24. The highest BCUT2D eigenvalue weighted by atomic mass is 79.9. The van der Waals surface area contributed by atoms with Crippen molar-refractivity contribution in [1.29, 1.82) is 0 Å². The molecule has 138 valence electrons. The number of benzene rings is 2. The standard InChI is InChI=1S/C19H19BrClFN2O2/c20-14-3-6-17(22)16(11-14)19(25)23-12-18(24-7-9-26-10-8-24)13-1-4-15(21)5-2-13/h1-6,11,18H,7-10,12H2,(H,23,25). The van der Waals surface area contributed by atoms with E-state index in [0.717, 1.165) is 18.7 Å². The Morgan fingerprint density at radius 2 is 1.92 bits per heavy atom. The predicted octanol–water partition coefficient (Wildman–Crippen LogP) is 4.04. The summed E-state index contributed by atoms with van der Waals surface area (Å²) in [5.41, 5.74) is 1.07. The second-order valence-electron chi connectivity index (χ2n) is 6.05. The van der Waals surface area contributed by atoms with E-state index in [1.165, 1.54) is 12.1 Å². The van der Waals surface area contributed by atoms with E-state index in [4.69, 9.17) is 16.3 Å². The molecule has 0 aromatic heterocycles. The molecule has 26 heavy (non-hydrogen) atoms. The fraction of sp³-hybridized carbons (Fsp3) is 0.316. The van der Waals surface area contributed by atoms with Gasteiger partial charge in [-0.05, 0) is 35.9 Å². The Morgan fingerprint density at radius 1 is 1.23 bits per heavy atom. The van der Waals surface area contributed by atoms with E-state index >= 15 is 0 Å². The minimum atomic E-state index is -0.542. The average molecular weight is 442 g/mol. The number of hydrogen-bond acceptors (Lipinski definition) is 3. The van der Waals surface area contributed by atoms with Crippen molar-refractivity contribution in [3.8, 4) is 0 Å². The summed E-state index contributed by atoms with van der Waals surface area (Å²) in [6.07, 6.45) is 0. The Kier molecular flexibility index (Phi) is 6.64. The van der Waals surface area contributed by atoms with Crippen LogP contribution in [0.4, 0.5) is 4.39 Å². The molecule has 0 aliphatic carbocycles. The van der Waals surface area contributed by atoms with Crippen molar-refractivity contribution in [3.05, 3.63) is 68.9 Å². The van der Waals surface area contributed by atoms with Crippen LogP contribution in [0, 0.1) is 5.82 Å². The Balaban J connectivity index is 1.75. The van der Waals surface area contributed by atoms with Crippen LogP contribution >= 0.6 is 27.5 Å². The van der Waals surface area contributed by atoms with Crippen molar-refractivity contribution in [1.82, 2.24) is 10.2 Å². The molecule has 3 rings (SSSR count). The molecule has 0 bridgehead atoms. The second kappa shape index (κ2) is 8.95. The molecule has 2 aromatic carbocycles. The lowest BCUT2D eigenvalue weighted by Crippen LogP contribution is -2.43. The Bertz CT molecular complexity index is 767. The molecule has 1 N–H and O–H groups in total. The molecule has 1 aliphatic rings. The zero-order valence-corrected chi connectivity index (χ0v) is 16.4. The van der Waals surface area contributed by atoms with E-state index in [2.05, 4.69) is 26.1 Å². The van der Waals surface area contributed by atoms with Gasteiger partial charge in [0.05, 0.1) is 24.8 Å². The van der Waals surface area contributed by atoms with Gasteiger partial charge >= 0.3 is 0 Å². The van der Waals surface area contributed by atoms with Gasteiger partial charge in [0.15, 0.2) is 0 Å².